The van der Waals surface area contributed by atoms with Gasteiger partial charge in [-0.15, -0.1) is 0 Å². The second kappa shape index (κ2) is 2.00. The summed E-state index contributed by atoms with van der Waals surface area (Å²) in [6.07, 6.45) is 0. The summed E-state index contributed by atoms with van der Waals surface area (Å²) in [5.41, 5.74) is 0.588. The summed E-state index contributed by atoms with van der Waals surface area (Å²) >= 11 is 6.13. The highest BCUT2D eigenvalue weighted by atomic mass is 79.9. The van der Waals surface area contributed by atoms with Crippen molar-refractivity contribution in [2.75, 3.05) is 0 Å². The first-order chi connectivity index (χ1) is 3.75. The third-order valence-electron chi connectivity index (χ3n) is 0.721. The highest BCUT2D eigenvalue weighted by molar-refractivity contribution is 9.19. The normalized spacial score (nSPS) is 16.9. The maximum absolute atomic E-state index is 8.28. The van der Waals surface area contributed by atoms with Crippen molar-refractivity contribution in [3.05, 3.63) is 10.2 Å². The molecule has 0 saturated carbocycles. The molecule has 0 saturated heterocycles. The molecule has 1 aliphatic heterocycles. The lowest BCUT2D eigenvalue weighted by Crippen LogP contribution is -2.01. The molecule has 0 aromatic heterocycles. The number of nitrogens with zero attached hydrogens (tertiary/aromatic N) is 2. The van der Waals surface area contributed by atoms with Crippen LogP contribution < -0.4 is 0 Å². The number of aliphatic imine (C=N–C) groups is 1. The summed E-state index contributed by atoms with van der Waals surface area (Å²) in [6, 6.07) is 1.96. The Balaban J connectivity index is 2.84. The lowest BCUT2D eigenvalue weighted by Gasteiger charge is -2.05. The standard InChI is InChI=1S/C4Br2N2/c5-3-2(1-7)4(6)8-3. The van der Waals surface area contributed by atoms with Crippen LogP contribution >= 0.6 is 31.9 Å². The van der Waals surface area contributed by atoms with Crippen LogP contribution in [0.3, 0.4) is 0 Å². The van der Waals surface area contributed by atoms with Gasteiger partial charge in [0.05, 0.1) is 0 Å². The minimum absolute atomic E-state index is 0.588. The third kappa shape index (κ3) is 0.721. The van der Waals surface area contributed by atoms with Crippen molar-refractivity contribution >= 4 is 36.5 Å². The van der Waals surface area contributed by atoms with Gasteiger partial charge in [-0.1, -0.05) is 0 Å². The molecule has 2 nitrogen and oxygen atoms in total. The van der Waals surface area contributed by atoms with Crippen LogP contribution in [0.15, 0.2) is 15.2 Å². The first-order valence-electron chi connectivity index (χ1n) is 1.80. The number of allylic oxidation sites excluding steroid dienone is 1. The zero-order valence-corrected chi connectivity index (χ0v) is 6.82. The van der Waals surface area contributed by atoms with Gasteiger partial charge >= 0.3 is 0 Å². The molecule has 1 rings (SSSR count). The smallest absolute Gasteiger partial charge is 0.128 e. The molecule has 0 aliphatic carbocycles. The third-order valence-corrected chi connectivity index (χ3v) is 1.87. The van der Waals surface area contributed by atoms with Gasteiger partial charge in [-0.25, -0.2) is 4.99 Å². The van der Waals surface area contributed by atoms with Crippen LogP contribution in [0, 0.1) is 11.3 Å². The average molecular weight is 236 g/mol. The second-order valence-electron chi connectivity index (χ2n) is 1.18. The molecule has 4 heteroatoms. The summed E-state index contributed by atoms with van der Waals surface area (Å²) in [6.45, 7) is 0. The maximum Gasteiger partial charge on any atom is 0.128 e. The Bertz CT molecular complexity index is 221. The molecule has 40 valence electrons. The summed E-state index contributed by atoms with van der Waals surface area (Å²) in [5.74, 6) is 0. The second-order valence-corrected chi connectivity index (χ2v) is 2.68. The molecule has 0 aromatic carbocycles. The van der Waals surface area contributed by atoms with E-state index in [1.807, 2.05) is 6.07 Å². The Hall–Kier alpha value is -0.140. The lowest BCUT2D eigenvalue weighted by molar-refractivity contribution is 1.41. The van der Waals surface area contributed by atoms with Crippen molar-refractivity contribution in [1.29, 1.82) is 5.26 Å². The minimum Gasteiger partial charge on any atom is -0.231 e. The Morgan fingerprint density at radius 3 is 2.25 bits per heavy atom. The van der Waals surface area contributed by atoms with Crippen molar-refractivity contribution in [1.82, 2.24) is 0 Å². The van der Waals surface area contributed by atoms with E-state index in [9.17, 15) is 0 Å². The Kier molecular flexibility index (Phi) is 1.49. The van der Waals surface area contributed by atoms with Crippen molar-refractivity contribution in [2.24, 2.45) is 4.99 Å². The number of hydrogen-bond donors (Lipinski definition) is 0. The predicted molar refractivity (Wildman–Crippen MR) is 37.9 cm³/mol. The van der Waals surface area contributed by atoms with Crippen LogP contribution in [0.2, 0.25) is 0 Å². The van der Waals surface area contributed by atoms with Crippen LogP contribution in [-0.4, -0.2) is 4.62 Å². The van der Waals surface area contributed by atoms with Crippen LogP contribution in [-0.2, 0) is 0 Å². The van der Waals surface area contributed by atoms with Crippen LogP contribution in [0.1, 0.15) is 0 Å². The molecule has 0 fully saturated rings. The van der Waals surface area contributed by atoms with Gasteiger partial charge in [0.15, 0.2) is 0 Å². The first kappa shape index (κ1) is 5.99. The van der Waals surface area contributed by atoms with Gasteiger partial charge in [-0.05, 0) is 31.9 Å². The van der Waals surface area contributed by atoms with Gasteiger partial charge < -0.3 is 0 Å². The molecule has 0 radical (unpaired) electrons. The fourth-order valence-electron chi connectivity index (χ4n) is 0.322. The average Bonchev–Trinajstić information content (AvgIpc) is 1.67. The zero-order chi connectivity index (χ0) is 6.15. The van der Waals surface area contributed by atoms with E-state index in [4.69, 9.17) is 5.26 Å². The van der Waals surface area contributed by atoms with E-state index >= 15 is 0 Å². The number of halogens is 2. The molecule has 0 spiro atoms. The summed E-state index contributed by atoms with van der Waals surface area (Å²) in [4.78, 5) is 3.78. The fourth-order valence-corrected chi connectivity index (χ4v) is 1.73. The summed E-state index contributed by atoms with van der Waals surface area (Å²) in [5, 5.41) is 8.28. The van der Waals surface area contributed by atoms with Gasteiger partial charge in [0.1, 0.15) is 20.9 Å². The van der Waals surface area contributed by atoms with Gasteiger partial charge in [0.2, 0.25) is 0 Å². The Morgan fingerprint density at radius 2 is 2.12 bits per heavy atom. The van der Waals surface area contributed by atoms with Gasteiger partial charge in [0.25, 0.3) is 0 Å². The molecule has 0 unspecified atom stereocenters. The monoisotopic (exact) mass is 234 g/mol. The lowest BCUT2D eigenvalue weighted by atomic mass is 10.3. The first-order valence-corrected chi connectivity index (χ1v) is 3.38. The Morgan fingerprint density at radius 1 is 1.50 bits per heavy atom. The van der Waals surface area contributed by atoms with Gasteiger partial charge in [-0.3, -0.25) is 0 Å². The summed E-state index contributed by atoms with van der Waals surface area (Å²) in [7, 11) is 0. The largest absolute Gasteiger partial charge is 0.231 e. The number of nitriles is 1. The topological polar surface area (TPSA) is 36.1 Å². The van der Waals surface area contributed by atoms with Gasteiger partial charge in [-0.2, -0.15) is 5.26 Å². The molecule has 8 heavy (non-hydrogen) atoms. The minimum atomic E-state index is 0.588. The van der Waals surface area contributed by atoms with Crippen molar-refractivity contribution in [2.45, 2.75) is 0 Å². The zero-order valence-electron chi connectivity index (χ0n) is 3.65. The van der Waals surface area contributed by atoms with E-state index in [1.165, 1.54) is 0 Å². The van der Waals surface area contributed by atoms with E-state index in [0.29, 0.717) is 14.8 Å². The fraction of sp³-hybridized carbons (Fsp3) is 0. The van der Waals surface area contributed by atoms with E-state index < -0.39 is 0 Å². The highest BCUT2D eigenvalue weighted by Crippen LogP contribution is 2.26. The molecular weight excluding hydrogens is 236 g/mol. The van der Waals surface area contributed by atoms with Crippen molar-refractivity contribution in [3.8, 4) is 6.07 Å². The molecule has 1 heterocycles. The predicted octanol–water partition coefficient (Wildman–Crippen LogP) is 1.92. The molecule has 0 aromatic rings. The van der Waals surface area contributed by atoms with Crippen molar-refractivity contribution < 1.29 is 0 Å². The number of hydrogen-bond acceptors (Lipinski definition) is 2. The van der Waals surface area contributed by atoms with Crippen LogP contribution in [0.5, 0.6) is 0 Å². The van der Waals surface area contributed by atoms with Crippen LogP contribution in [0.4, 0.5) is 0 Å². The molecule has 0 N–H and O–H groups in total. The van der Waals surface area contributed by atoms with Crippen molar-refractivity contribution in [3.63, 3.8) is 0 Å². The quantitative estimate of drug-likeness (QED) is 0.591. The van der Waals surface area contributed by atoms with E-state index in [2.05, 4.69) is 36.9 Å². The molecular formula is C4Br2N2. The van der Waals surface area contributed by atoms with Gasteiger partial charge in [0, 0.05) is 0 Å². The molecule has 0 amide bonds. The Labute approximate surface area is 63.2 Å². The van der Waals surface area contributed by atoms with Crippen LogP contribution in [0.25, 0.3) is 0 Å². The summed E-state index contributed by atoms with van der Waals surface area (Å²) < 4.78 is 1.26. The molecule has 0 bridgehead atoms. The molecule has 1 aliphatic rings. The van der Waals surface area contributed by atoms with E-state index in [-0.39, 0.29) is 0 Å². The SMILES string of the molecule is N#CC1=C(Br)N=C1Br. The number of rotatable bonds is 0. The van der Waals surface area contributed by atoms with E-state index in [0.717, 1.165) is 0 Å². The maximum atomic E-state index is 8.28. The molecule has 0 atom stereocenters. The van der Waals surface area contributed by atoms with E-state index in [1.54, 1.807) is 0 Å². The highest BCUT2D eigenvalue weighted by Gasteiger charge is 2.16.